The molecule has 0 aliphatic heterocycles. The van der Waals surface area contributed by atoms with Crippen molar-refractivity contribution in [3.05, 3.63) is 0 Å². The Labute approximate surface area is 72.8 Å². The Morgan fingerprint density at radius 2 is 1.38 bits per heavy atom. The van der Waals surface area contributed by atoms with Gasteiger partial charge in [0.2, 0.25) is 6.16 Å². The Morgan fingerprint density at radius 1 is 1.38 bits per heavy atom. The van der Waals surface area contributed by atoms with E-state index in [-0.39, 0.29) is 51.5 Å². The molecule has 0 radical (unpaired) electrons. The van der Waals surface area contributed by atoms with Crippen molar-refractivity contribution in [3.63, 3.8) is 0 Å². The van der Waals surface area contributed by atoms with E-state index in [4.69, 9.17) is 15.0 Å². The number of rotatable bonds is 0. The van der Waals surface area contributed by atoms with Gasteiger partial charge in [0.05, 0.1) is 0 Å². The summed E-state index contributed by atoms with van der Waals surface area (Å²) < 4.78 is 0. The predicted molar refractivity (Wildman–Crippen MR) is 9.40 cm³/mol. The molecule has 0 spiro atoms. The minimum absolute atomic E-state index is 0. The van der Waals surface area contributed by atoms with Crippen LogP contribution < -0.4 is 24.0 Å². The van der Waals surface area contributed by atoms with Crippen LogP contribution in [0.25, 0.3) is 0 Å². The Bertz CT molecular complexity index is 35.4. The fourth-order valence-corrected chi connectivity index (χ4v) is 0. The maximum Gasteiger partial charge on any atom is 4.00 e. The van der Waals surface area contributed by atoms with E-state index in [0.717, 1.165) is 0 Å². The third kappa shape index (κ3) is 782. The van der Waals surface area contributed by atoms with Gasteiger partial charge in [0.25, 0.3) is 0 Å². The summed E-state index contributed by atoms with van der Waals surface area (Å²) in [6.45, 7) is 0. The summed E-state index contributed by atoms with van der Waals surface area (Å²) in [5, 5.41) is 15.3. The van der Waals surface area contributed by atoms with Crippen LogP contribution in [0.3, 0.4) is 0 Å². The minimum atomic E-state index is -2.08. The summed E-state index contributed by atoms with van der Waals surface area (Å²) in [7, 11) is 0. The van der Waals surface area contributed by atoms with Gasteiger partial charge >= 0.3 is 40.6 Å². The first-order valence-electron chi connectivity index (χ1n) is 0.632. The first-order valence-corrected chi connectivity index (χ1v) is 0.632. The molecule has 7 heteroatoms. The Hall–Kier alpha value is 0.502. The Morgan fingerprint density at radius 3 is 1.38 bits per heavy atom. The molecule has 0 aromatic heterocycles. The van der Waals surface area contributed by atoms with Crippen molar-refractivity contribution in [3.8, 4) is 0 Å². The van der Waals surface area contributed by atoms with E-state index >= 15 is 0 Å². The number of hydrogen-bond donors (Lipinski definition) is 1. The van der Waals surface area contributed by atoms with Crippen LogP contribution in [-0.4, -0.2) is 11.3 Å². The second-order valence-electron chi connectivity index (χ2n) is 0.266. The first kappa shape index (κ1) is 39.0. The summed E-state index contributed by atoms with van der Waals surface area (Å²) in [5.41, 5.74) is 0. The molecule has 0 bridgehead atoms. The molecule has 5 nitrogen and oxygen atoms in total. The number of carbonyl (C=O) groups is 1. The monoisotopic (exact) mass is 148 g/mol. The van der Waals surface area contributed by atoms with Gasteiger partial charge in [-0.25, -0.2) is 0 Å². The third-order valence-electron chi connectivity index (χ3n) is 0. The van der Waals surface area contributed by atoms with Crippen LogP contribution in [0.4, 0.5) is 4.79 Å². The minimum Gasteiger partial charge on any atom is -2.00 e. The van der Waals surface area contributed by atoms with Gasteiger partial charge in [-0.1, -0.05) is 0 Å². The summed E-state index contributed by atoms with van der Waals surface area (Å²) in [4.78, 5) is 8.44. The SMILES string of the molecule is O=C([O-])O.[Li+].[O-2].[O-2].[Ti+4]. The third-order valence-corrected chi connectivity index (χ3v) is 0. The van der Waals surface area contributed by atoms with Crippen molar-refractivity contribution in [2.24, 2.45) is 0 Å². The van der Waals surface area contributed by atoms with E-state index < -0.39 is 6.16 Å². The van der Waals surface area contributed by atoms with Crippen LogP contribution in [0.2, 0.25) is 0 Å². The second-order valence-corrected chi connectivity index (χ2v) is 0.266. The predicted octanol–water partition coefficient (Wildman–Crippen LogP) is -4.35. The largest absolute Gasteiger partial charge is 4.00 e. The van der Waals surface area contributed by atoms with Crippen LogP contribution in [0, 0.1) is 0 Å². The molecular weight excluding hydrogens is 147 g/mol. The standard InChI is InChI=1S/CH2O3.Li.2O.Ti/c2-1(3)4;;;;/h(H2,2,3,4);;;;/q;+1;2*-2;+4/p-1. The summed E-state index contributed by atoms with van der Waals surface area (Å²) >= 11 is 0. The van der Waals surface area contributed by atoms with Gasteiger partial charge in [-0.05, 0) is 0 Å². The molecule has 0 amide bonds. The van der Waals surface area contributed by atoms with E-state index in [2.05, 4.69) is 0 Å². The molecule has 40 valence electrons. The summed E-state index contributed by atoms with van der Waals surface area (Å²) in [6.07, 6.45) is -2.08. The molecule has 0 rings (SSSR count). The van der Waals surface area contributed by atoms with Gasteiger partial charge in [-0.3, -0.25) is 0 Å². The molecule has 0 aliphatic rings. The van der Waals surface area contributed by atoms with Crippen LogP contribution in [0.5, 0.6) is 0 Å². The second kappa shape index (κ2) is 25.9. The Balaban J connectivity index is -0.00000000750. The topological polar surface area (TPSA) is 117 Å². The fourth-order valence-electron chi connectivity index (χ4n) is 0. The molecule has 0 aromatic carbocycles. The average Bonchev–Trinajstić information content (AvgIpc) is 0.811. The van der Waals surface area contributed by atoms with Crippen LogP contribution in [-0.2, 0) is 32.7 Å². The molecule has 8 heavy (non-hydrogen) atoms. The van der Waals surface area contributed by atoms with Crippen molar-refractivity contribution in [1.29, 1.82) is 0 Å². The van der Waals surface area contributed by atoms with Crippen molar-refractivity contribution < 1.29 is 66.5 Å². The molecule has 0 aliphatic carbocycles. The molecule has 0 heterocycles. The maximum atomic E-state index is 8.44. The average molecular weight is 148 g/mol. The van der Waals surface area contributed by atoms with Crippen molar-refractivity contribution >= 4 is 6.16 Å². The first-order chi connectivity index (χ1) is 1.73. The van der Waals surface area contributed by atoms with Gasteiger partial charge in [-0.2, -0.15) is 0 Å². The molecule has 0 fully saturated rings. The van der Waals surface area contributed by atoms with Gasteiger partial charge in [-0.15, -0.1) is 0 Å². The summed E-state index contributed by atoms with van der Waals surface area (Å²) in [5.74, 6) is 0. The molecular formula is CHLiO5Ti. The molecule has 0 unspecified atom stereocenters. The van der Waals surface area contributed by atoms with Crippen molar-refractivity contribution in [2.75, 3.05) is 0 Å². The number of carboxylic acid groups (broad SMARTS) is 2. The normalized spacial score (nSPS) is 3.00. The van der Waals surface area contributed by atoms with Gasteiger partial charge in [0, 0.05) is 0 Å². The van der Waals surface area contributed by atoms with Crippen molar-refractivity contribution in [1.82, 2.24) is 0 Å². The smallest absolute Gasteiger partial charge is 2.00 e. The van der Waals surface area contributed by atoms with E-state index in [0.29, 0.717) is 0 Å². The quantitative estimate of drug-likeness (QED) is 0.349. The van der Waals surface area contributed by atoms with Crippen LogP contribution in [0.1, 0.15) is 0 Å². The molecule has 0 aromatic rings. The maximum absolute atomic E-state index is 8.44. The zero-order valence-electron chi connectivity index (χ0n) is 4.08. The van der Waals surface area contributed by atoms with Gasteiger partial charge in [0.1, 0.15) is 0 Å². The van der Waals surface area contributed by atoms with Crippen LogP contribution in [0.15, 0.2) is 0 Å². The van der Waals surface area contributed by atoms with Crippen LogP contribution >= 0.6 is 0 Å². The van der Waals surface area contributed by atoms with E-state index in [1.807, 2.05) is 0 Å². The molecule has 0 atom stereocenters. The zero-order valence-corrected chi connectivity index (χ0v) is 5.64. The number of hydrogen-bond acceptors (Lipinski definition) is 2. The fraction of sp³-hybridized carbons (Fsp3) is 0. The van der Waals surface area contributed by atoms with E-state index in [9.17, 15) is 0 Å². The molecule has 1 N–H and O–H groups in total. The Kier molecular flexibility index (Phi) is 126. The zero-order chi connectivity index (χ0) is 3.58. The molecule has 0 saturated carbocycles. The van der Waals surface area contributed by atoms with Crippen molar-refractivity contribution in [2.45, 2.75) is 0 Å². The summed E-state index contributed by atoms with van der Waals surface area (Å²) in [6, 6.07) is 0. The van der Waals surface area contributed by atoms with E-state index in [1.165, 1.54) is 0 Å². The van der Waals surface area contributed by atoms with Gasteiger partial charge in [0.15, 0.2) is 0 Å². The van der Waals surface area contributed by atoms with E-state index in [1.54, 1.807) is 0 Å². The van der Waals surface area contributed by atoms with Gasteiger partial charge < -0.3 is 26.0 Å². The molecule has 0 saturated heterocycles.